The van der Waals surface area contributed by atoms with E-state index >= 15 is 0 Å². The zero-order chi connectivity index (χ0) is 21.3. The summed E-state index contributed by atoms with van der Waals surface area (Å²) in [6.45, 7) is 3.96. The van der Waals surface area contributed by atoms with Crippen LogP contribution in [0.2, 0.25) is 0 Å². The van der Waals surface area contributed by atoms with E-state index in [1.54, 1.807) is 23.5 Å². The number of aromatic nitrogens is 1. The molecule has 2 aromatic rings. The molecule has 2 aliphatic heterocycles. The van der Waals surface area contributed by atoms with Gasteiger partial charge in [-0.3, -0.25) is 9.69 Å². The van der Waals surface area contributed by atoms with E-state index in [0.29, 0.717) is 38.0 Å². The minimum atomic E-state index is -1.04. The molecule has 4 rings (SSSR count). The van der Waals surface area contributed by atoms with Crippen LogP contribution in [0.25, 0.3) is 0 Å². The number of thiazole rings is 1. The zero-order valence-electron chi connectivity index (χ0n) is 17.0. The van der Waals surface area contributed by atoms with Crippen LogP contribution < -0.4 is 11.1 Å². The molecule has 1 aromatic heterocycles. The van der Waals surface area contributed by atoms with Crippen LogP contribution in [0.4, 0.5) is 4.39 Å². The third-order valence-corrected chi connectivity index (χ3v) is 7.54. The first kappa shape index (κ1) is 21.1. The molecule has 1 fully saturated rings. The molecule has 3 N–H and O–H groups in total. The van der Waals surface area contributed by atoms with E-state index in [4.69, 9.17) is 5.73 Å². The van der Waals surface area contributed by atoms with Crippen LogP contribution in [0.5, 0.6) is 0 Å². The number of aldehydes is 1. The number of amides is 1. The average Bonchev–Trinajstić information content (AvgIpc) is 3.20. The predicted molar refractivity (Wildman–Crippen MR) is 113 cm³/mol. The van der Waals surface area contributed by atoms with Gasteiger partial charge in [-0.25, -0.2) is 9.37 Å². The van der Waals surface area contributed by atoms with Gasteiger partial charge in [0.1, 0.15) is 12.1 Å². The van der Waals surface area contributed by atoms with Gasteiger partial charge in [0.25, 0.3) is 0 Å². The van der Waals surface area contributed by atoms with Gasteiger partial charge >= 0.3 is 0 Å². The van der Waals surface area contributed by atoms with Crippen molar-refractivity contribution < 1.29 is 14.0 Å². The summed E-state index contributed by atoms with van der Waals surface area (Å²) in [4.78, 5) is 32.3. The van der Waals surface area contributed by atoms with Gasteiger partial charge in [0.15, 0.2) is 0 Å². The Bertz CT molecular complexity index is 918. The Kier molecular flexibility index (Phi) is 5.99. The number of piperidine rings is 1. The molecule has 160 valence electrons. The average molecular weight is 431 g/mol. The van der Waals surface area contributed by atoms with Crippen molar-refractivity contribution in [3.8, 4) is 0 Å². The van der Waals surface area contributed by atoms with Gasteiger partial charge in [-0.2, -0.15) is 0 Å². The largest absolute Gasteiger partial charge is 0.356 e. The maximum absolute atomic E-state index is 13.6. The van der Waals surface area contributed by atoms with Crippen molar-refractivity contribution in [2.24, 2.45) is 17.6 Å². The quantitative estimate of drug-likeness (QED) is 0.686. The second kappa shape index (κ2) is 8.53. The van der Waals surface area contributed by atoms with Gasteiger partial charge in [0, 0.05) is 30.9 Å². The maximum Gasteiger partial charge on any atom is 0.220 e. The molecule has 1 aromatic carbocycles. The van der Waals surface area contributed by atoms with Crippen LogP contribution in [-0.2, 0) is 28.1 Å². The van der Waals surface area contributed by atoms with E-state index in [9.17, 15) is 14.0 Å². The number of nitrogens with two attached hydrogens (primary N) is 1. The first-order valence-corrected chi connectivity index (χ1v) is 11.2. The molecule has 0 radical (unpaired) electrons. The van der Waals surface area contributed by atoms with Crippen molar-refractivity contribution in [1.29, 1.82) is 0 Å². The van der Waals surface area contributed by atoms with Crippen molar-refractivity contribution in [2.75, 3.05) is 13.1 Å². The Balaban J connectivity index is 1.69. The van der Waals surface area contributed by atoms with Crippen LogP contribution in [0.1, 0.15) is 35.9 Å². The Morgan fingerprint density at radius 1 is 1.43 bits per heavy atom. The molecular formula is C22H27FN4O2S. The van der Waals surface area contributed by atoms with Crippen LogP contribution in [-0.4, -0.2) is 41.2 Å². The molecule has 2 unspecified atom stereocenters. The first-order valence-electron chi connectivity index (χ1n) is 10.3. The molecule has 8 heteroatoms. The van der Waals surface area contributed by atoms with Gasteiger partial charge in [0.2, 0.25) is 5.91 Å². The highest BCUT2D eigenvalue weighted by molar-refractivity contribution is 7.09. The fraction of sp³-hybridized carbons (Fsp3) is 0.500. The summed E-state index contributed by atoms with van der Waals surface area (Å²) in [7, 11) is 0. The topological polar surface area (TPSA) is 88.3 Å². The molecule has 0 bridgehead atoms. The number of carbonyl (C=O) groups is 2. The Morgan fingerprint density at radius 3 is 2.93 bits per heavy atom. The maximum atomic E-state index is 13.6. The highest BCUT2D eigenvalue weighted by Gasteiger charge is 2.44. The molecule has 6 nitrogen and oxygen atoms in total. The number of benzene rings is 1. The van der Waals surface area contributed by atoms with E-state index in [2.05, 4.69) is 22.1 Å². The van der Waals surface area contributed by atoms with Gasteiger partial charge < -0.3 is 15.8 Å². The van der Waals surface area contributed by atoms with Gasteiger partial charge in [-0.1, -0.05) is 19.1 Å². The van der Waals surface area contributed by atoms with E-state index < -0.39 is 11.6 Å². The smallest absolute Gasteiger partial charge is 0.220 e. The number of nitrogens with zero attached hydrogens (tertiary/aromatic N) is 2. The number of nitrogens with one attached hydrogen (secondary N) is 1. The number of halogens is 1. The van der Waals surface area contributed by atoms with Crippen LogP contribution in [0.15, 0.2) is 29.8 Å². The number of carbonyl (C=O) groups excluding carboxylic acids is 2. The third kappa shape index (κ3) is 4.04. The summed E-state index contributed by atoms with van der Waals surface area (Å²) in [5.74, 6) is -0.0627. The highest BCUT2D eigenvalue weighted by Crippen LogP contribution is 2.38. The fourth-order valence-electron chi connectivity index (χ4n) is 4.74. The fourth-order valence-corrected chi connectivity index (χ4v) is 5.51. The zero-order valence-corrected chi connectivity index (χ0v) is 17.8. The second-order valence-electron chi connectivity index (χ2n) is 8.52. The third-order valence-electron chi connectivity index (χ3n) is 6.61. The molecule has 3 heterocycles. The van der Waals surface area contributed by atoms with Crippen molar-refractivity contribution >= 4 is 23.5 Å². The molecule has 1 amide bonds. The summed E-state index contributed by atoms with van der Waals surface area (Å²) < 4.78 is 13.6. The highest BCUT2D eigenvalue weighted by atomic mass is 32.1. The summed E-state index contributed by atoms with van der Waals surface area (Å²) >= 11 is 1.64. The molecule has 0 spiro atoms. The summed E-state index contributed by atoms with van der Waals surface area (Å²) in [5.41, 5.74) is 9.54. The SMILES string of the molecule is C[C@H]1CNC(=O)CC1C[C@](N)(c1ccc(F)cc1)C(C=O)N1CCc2scnc2C1. The lowest BCUT2D eigenvalue weighted by atomic mass is 9.71. The van der Waals surface area contributed by atoms with E-state index in [1.807, 2.05) is 5.51 Å². The van der Waals surface area contributed by atoms with Gasteiger partial charge in [-0.15, -0.1) is 11.3 Å². The number of fused-ring (bicyclic) bond motifs is 1. The Hall–Kier alpha value is -2.16. The minimum Gasteiger partial charge on any atom is -0.356 e. The lowest BCUT2D eigenvalue weighted by molar-refractivity contribution is -0.125. The van der Waals surface area contributed by atoms with Gasteiger partial charge in [0.05, 0.1) is 22.8 Å². The van der Waals surface area contributed by atoms with Crippen molar-refractivity contribution in [2.45, 2.75) is 44.3 Å². The monoisotopic (exact) mass is 430 g/mol. The van der Waals surface area contributed by atoms with E-state index in [0.717, 1.165) is 18.4 Å². The van der Waals surface area contributed by atoms with Crippen molar-refractivity contribution in [1.82, 2.24) is 15.2 Å². The normalized spacial score (nSPS) is 25.1. The number of hydrogen-bond donors (Lipinski definition) is 2. The molecule has 30 heavy (non-hydrogen) atoms. The van der Waals surface area contributed by atoms with Crippen molar-refractivity contribution in [3.05, 3.63) is 51.7 Å². The van der Waals surface area contributed by atoms with E-state index in [1.165, 1.54) is 17.0 Å². The number of hydrogen-bond acceptors (Lipinski definition) is 6. The number of rotatable bonds is 6. The summed E-state index contributed by atoms with van der Waals surface area (Å²) in [6, 6.07) is 5.49. The lowest BCUT2D eigenvalue weighted by Crippen LogP contribution is -2.59. The van der Waals surface area contributed by atoms with Crippen LogP contribution >= 0.6 is 11.3 Å². The molecular weight excluding hydrogens is 403 g/mol. The minimum absolute atomic E-state index is 0.00676. The molecule has 1 saturated heterocycles. The molecule has 0 saturated carbocycles. The summed E-state index contributed by atoms with van der Waals surface area (Å²) in [6.07, 6.45) is 2.58. The molecule has 4 atom stereocenters. The first-order chi connectivity index (χ1) is 14.4. The van der Waals surface area contributed by atoms with Crippen molar-refractivity contribution in [3.63, 3.8) is 0 Å². The second-order valence-corrected chi connectivity index (χ2v) is 9.46. The Morgan fingerprint density at radius 2 is 2.20 bits per heavy atom. The van der Waals surface area contributed by atoms with Crippen LogP contribution in [0.3, 0.4) is 0 Å². The van der Waals surface area contributed by atoms with Crippen LogP contribution in [0, 0.1) is 17.7 Å². The van der Waals surface area contributed by atoms with E-state index in [-0.39, 0.29) is 23.6 Å². The standard InChI is InChI=1S/C22H27FN4O2S/c1-14-10-25-21(29)8-15(14)9-22(24,16-2-4-17(23)5-3-16)20(12-28)27-7-6-19-18(11-27)26-13-30-19/h2-5,12-15,20H,6-11,24H2,1H3,(H,25,29)/t14-,15?,20?,22-/m0/s1. The Labute approximate surface area is 179 Å². The summed E-state index contributed by atoms with van der Waals surface area (Å²) in [5, 5.41) is 2.89. The van der Waals surface area contributed by atoms with Gasteiger partial charge in [-0.05, 0) is 42.4 Å². The molecule has 0 aliphatic carbocycles. The lowest BCUT2D eigenvalue weighted by Gasteiger charge is -2.45. The molecule has 2 aliphatic rings. The predicted octanol–water partition coefficient (Wildman–Crippen LogP) is 2.22.